The van der Waals surface area contributed by atoms with Gasteiger partial charge in [0.25, 0.3) is 5.91 Å². The molecule has 1 heterocycles. The Hall–Kier alpha value is -3.46. The van der Waals surface area contributed by atoms with E-state index in [2.05, 4.69) is 30.4 Å². The van der Waals surface area contributed by atoms with E-state index >= 15 is 0 Å². The number of hydrogen-bond acceptors (Lipinski definition) is 2. The van der Waals surface area contributed by atoms with Crippen LogP contribution in [-0.2, 0) is 0 Å². The van der Waals surface area contributed by atoms with Crippen LogP contribution < -0.4 is 5.32 Å². The average Bonchev–Trinajstić information content (AvgIpc) is 2.69. The summed E-state index contributed by atoms with van der Waals surface area (Å²) in [6.45, 7) is 6.10. The Morgan fingerprint density at radius 3 is 2.39 bits per heavy atom. The molecular formula is C25H22N2O. The van der Waals surface area contributed by atoms with E-state index in [9.17, 15) is 4.79 Å². The summed E-state index contributed by atoms with van der Waals surface area (Å²) in [4.78, 5) is 18.0. The zero-order chi connectivity index (χ0) is 19.7. The molecular weight excluding hydrogens is 344 g/mol. The Bertz CT molecular complexity index is 1190. The van der Waals surface area contributed by atoms with Crippen LogP contribution in [0.1, 0.15) is 27.0 Å². The highest BCUT2D eigenvalue weighted by Crippen LogP contribution is 2.26. The molecule has 3 heteroatoms. The van der Waals surface area contributed by atoms with E-state index in [-0.39, 0.29) is 5.91 Å². The van der Waals surface area contributed by atoms with Crippen LogP contribution in [0.5, 0.6) is 0 Å². The van der Waals surface area contributed by atoms with E-state index in [1.54, 1.807) is 0 Å². The molecule has 4 aromatic rings. The monoisotopic (exact) mass is 366 g/mol. The third kappa shape index (κ3) is 3.52. The van der Waals surface area contributed by atoms with Crippen LogP contribution in [-0.4, -0.2) is 10.9 Å². The van der Waals surface area contributed by atoms with Crippen molar-refractivity contribution in [3.05, 3.63) is 95.1 Å². The Morgan fingerprint density at radius 1 is 0.821 bits per heavy atom. The number of amides is 1. The number of nitrogens with one attached hydrogen (secondary N) is 1. The normalized spacial score (nSPS) is 10.8. The van der Waals surface area contributed by atoms with Crippen molar-refractivity contribution in [1.82, 2.24) is 4.98 Å². The molecule has 1 amide bonds. The zero-order valence-electron chi connectivity index (χ0n) is 16.3. The Morgan fingerprint density at radius 2 is 1.61 bits per heavy atom. The molecule has 0 aliphatic carbocycles. The topological polar surface area (TPSA) is 42.0 Å². The molecule has 0 aliphatic rings. The van der Waals surface area contributed by atoms with Gasteiger partial charge in [0.15, 0.2) is 0 Å². The molecule has 0 fully saturated rings. The Kier molecular flexibility index (Phi) is 4.66. The van der Waals surface area contributed by atoms with Gasteiger partial charge >= 0.3 is 0 Å². The number of para-hydroxylation sites is 1. The van der Waals surface area contributed by atoms with E-state index in [4.69, 9.17) is 4.98 Å². The molecule has 3 aromatic carbocycles. The number of nitrogens with zero attached hydrogens (tertiary/aromatic N) is 1. The van der Waals surface area contributed by atoms with Gasteiger partial charge in [-0.3, -0.25) is 4.79 Å². The first kappa shape index (κ1) is 17.9. The van der Waals surface area contributed by atoms with Gasteiger partial charge in [0.1, 0.15) is 0 Å². The molecule has 4 rings (SSSR count). The van der Waals surface area contributed by atoms with Gasteiger partial charge in [0.2, 0.25) is 0 Å². The predicted octanol–water partition coefficient (Wildman–Crippen LogP) is 6.08. The number of pyridine rings is 1. The summed E-state index contributed by atoms with van der Waals surface area (Å²) in [5.74, 6) is -0.126. The van der Waals surface area contributed by atoms with Crippen molar-refractivity contribution in [1.29, 1.82) is 0 Å². The van der Waals surface area contributed by atoms with Crippen molar-refractivity contribution in [3.63, 3.8) is 0 Å². The summed E-state index contributed by atoms with van der Waals surface area (Å²) >= 11 is 0. The SMILES string of the molecule is Cc1cccc(-c2cc(C(=O)Nc3ccc(C)cc3C)c3ccccc3n2)c1. The lowest BCUT2D eigenvalue weighted by Crippen LogP contribution is -2.14. The van der Waals surface area contributed by atoms with Crippen LogP contribution in [0.2, 0.25) is 0 Å². The lowest BCUT2D eigenvalue weighted by atomic mass is 10.0. The molecule has 0 atom stereocenters. The number of rotatable bonds is 3. The fourth-order valence-corrected chi connectivity index (χ4v) is 3.46. The molecule has 0 bridgehead atoms. The van der Waals surface area contributed by atoms with Crippen LogP contribution in [0.4, 0.5) is 5.69 Å². The lowest BCUT2D eigenvalue weighted by Gasteiger charge is -2.12. The largest absolute Gasteiger partial charge is 0.322 e. The van der Waals surface area contributed by atoms with E-state index in [0.717, 1.165) is 39.0 Å². The Balaban J connectivity index is 1.81. The molecule has 1 N–H and O–H groups in total. The number of aromatic nitrogens is 1. The fourth-order valence-electron chi connectivity index (χ4n) is 3.46. The minimum absolute atomic E-state index is 0.126. The summed E-state index contributed by atoms with van der Waals surface area (Å²) in [5, 5.41) is 3.92. The third-order valence-corrected chi connectivity index (χ3v) is 4.90. The smallest absolute Gasteiger partial charge is 0.256 e. The molecule has 0 radical (unpaired) electrons. The highest BCUT2D eigenvalue weighted by molar-refractivity contribution is 6.13. The molecule has 1 aromatic heterocycles. The highest BCUT2D eigenvalue weighted by atomic mass is 16.1. The second-order valence-electron chi connectivity index (χ2n) is 7.21. The number of hydrogen-bond donors (Lipinski definition) is 1. The van der Waals surface area contributed by atoms with Crippen molar-refractivity contribution in [2.45, 2.75) is 20.8 Å². The van der Waals surface area contributed by atoms with Crippen LogP contribution >= 0.6 is 0 Å². The van der Waals surface area contributed by atoms with Crippen molar-refractivity contribution in [3.8, 4) is 11.3 Å². The number of benzene rings is 3. The number of fused-ring (bicyclic) bond motifs is 1. The zero-order valence-corrected chi connectivity index (χ0v) is 16.3. The molecule has 3 nitrogen and oxygen atoms in total. The molecule has 0 spiro atoms. The van der Waals surface area contributed by atoms with Gasteiger partial charge in [0, 0.05) is 16.6 Å². The molecule has 28 heavy (non-hydrogen) atoms. The van der Waals surface area contributed by atoms with Crippen LogP contribution in [0, 0.1) is 20.8 Å². The van der Waals surface area contributed by atoms with Gasteiger partial charge in [-0.25, -0.2) is 4.98 Å². The maximum absolute atomic E-state index is 13.2. The van der Waals surface area contributed by atoms with Gasteiger partial charge in [-0.1, -0.05) is 59.7 Å². The summed E-state index contributed by atoms with van der Waals surface area (Å²) in [6, 6.07) is 23.9. The summed E-state index contributed by atoms with van der Waals surface area (Å²) < 4.78 is 0. The predicted molar refractivity (Wildman–Crippen MR) is 116 cm³/mol. The van der Waals surface area contributed by atoms with E-state index in [1.807, 2.05) is 68.4 Å². The summed E-state index contributed by atoms with van der Waals surface area (Å²) in [5.41, 5.74) is 7.45. The number of carbonyl (C=O) groups excluding carboxylic acids is 1. The Labute approximate surface area is 165 Å². The van der Waals surface area contributed by atoms with Crippen molar-refractivity contribution >= 4 is 22.5 Å². The molecule has 0 unspecified atom stereocenters. The minimum atomic E-state index is -0.126. The third-order valence-electron chi connectivity index (χ3n) is 4.90. The van der Waals surface area contributed by atoms with Gasteiger partial charge in [-0.15, -0.1) is 0 Å². The molecule has 0 aliphatic heterocycles. The first-order valence-electron chi connectivity index (χ1n) is 9.37. The fraction of sp³-hybridized carbons (Fsp3) is 0.120. The quantitative estimate of drug-likeness (QED) is 0.477. The number of aryl methyl sites for hydroxylation is 3. The maximum Gasteiger partial charge on any atom is 0.256 e. The number of anilines is 1. The first-order valence-corrected chi connectivity index (χ1v) is 9.37. The summed E-state index contributed by atoms with van der Waals surface area (Å²) in [7, 11) is 0. The highest BCUT2D eigenvalue weighted by Gasteiger charge is 2.15. The van der Waals surface area contributed by atoms with Crippen molar-refractivity contribution in [2.24, 2.45) is 0 Å². The van der Waals surface area contributed by atoms with Crippen molar-refractivity contribution < 1.29 is 4.79 Å². The van der Waals surface area contributed by atoms with E-state index in [0.29, 0.717) is 5.56 Å². The van der Waals surface area contributed by atoms with E-state index in [1.165, 1.54) is 5.56 Å². The van der Waals surface area contributed by atoms with Crippen molar-refractivity contribution in [2.75, 3.05) is 5.32 Å². The molecule has 138 valence electrons. The summed E-state index contributed by atoms with van der Waals surface area (Å²) in [6.07, 6.45) is 0. The van der Waals surface area contributed by atoms with Gasteiger partial charge < -0.3 is 5.32 Å². The second kappa shape index (κ2) is 7.28. The average molecular weight is 366 g/mol. The minimum Gasteiger partial charge on any atom is -0.322 e. The lowest BCUT2D eigenvalue weighted by molar-refractivity contribution is 0.102. The van der Waals surface area contributed by atoms with Crippen LogP contribution in [0.25, 0.3) is 22.2 Å². The van der Waals surface area contributed by atoms with Gasteiger partial charge in [-0.2, -0.15) is 0 Å². The maximum atomic E-state index is 13.2. The molecule has 0 saturated heterocycles. The van der Waals surface area contributed by atoms with Gasteiger partial charge in [-0.05, 0) is 50.6 Å². The van der Waals surface area contributed by atoms with E-state index < -0.39 is 0 Å². The van der Waals surface area contributed by atoms with Crippen LogP contribution in [0.3, 0.4) is 0 Å². The first-order chi connectivity index (χ1) is 13.5. The van der Waals surface area contributed by atoms with Crippen LogP contribution in [0.15, 0.2) is 72.8 Å². The second-order valence-corrected chi connectivity index (χ2v) is 7.21. The number of carbonyl (C=O) groups is 1. The standard InChI is InChI=1S/C25H22N2O/c1-16-7-6-8-19(14-16)24-15-21(20-9-4-5-10-23(20)26-24)25(28)27-22-12-11-17(2)13-18(22)3/h4-15H,1-3H3,(H,27,28). The molecule has 0 saturated carbocycles. The van der Waals surface area contributed by atoms with Gasteiger partial charge in [0.05, 0.1) is 16.8 Å².